The molecule has 2 aliphatic heterocycles. The van der Waals surface area contributed by atoms with Crippen LogP contribution in [0.2, 0.25) is 0 Å². The highest BCUT2D eigenvalue weighted by molar-refractivity contribution is 6.01. The molecule has 1 unspecified atom stereocenters. The van der Waals surface area contributed by atoms with Gasteiger partial charge in [0, 0.05) is 39.0 Å². The molecule has 2 heterocycles. The number of hydrogen-bond donors (Lipinski definition) is 1. The van der Waals surface area contributed by atoms with Gasteiger partial charge >= 0.3 is 0 Å². The van der Waals surface area contributed by atoms with Crippen molar-refractivity contribution >= 4 is 23.4 Å². The van der Waals surface area contributed by atoms with Gasteiger partial charge in [-0.3, -0.25) is 14.4 Å². The van der Waals surface area contributed by atoms with E-state index in [9.17, 15) is 14.4 Å². The lowest BCUT2D eigenvalue weighted by molar-refractivity contribution is -0.130. The summed E-state index contributed by atoms with van der Waals surface area (Å²) in [6.45, 7) is 4.22. The highest BCUT2D eigenvalue weighted by atomic mass is 16.5. The number of aryl methyl sites for hydroxylation is 1. The quantitative estimate of drug-likeness (QED) is 0.819. The van der Waals surface area contributed by atoms with Crippen molar-refractivity contribution in [3.05, 3.63) is 23.8 Å². The molecule has 0 spiro atoms. The topological polar surface area (TPSA) is 79.0 Å². The number of likely N-dealkylation sites (tertiary alicyclic amines) is 1. The maximum atomic E-state index is 12.5. The molecule has 146 valence electrons. The summed E-state index contributed by atoms with van der Waals surface area (Å²) in [6.07, 6.45) is 2.59. The van der Waals surface area contributed by atoms with Crippen molar-refractivity contribution in [2.45, 2.75) is 32.6 Å². The number of carbonyl (C=O) groups excluding carboxylic acids is 3. The van der Waals surface area contributed by atoms with Crippen molar-refractivity contribution in [2.75, 3.05) is 38.2 Å². The minimum atomic E-state index is -0.412. The van der Waals surface area contributed by atoms with Gasteiger partial charge < -0.3 is 19.9 Å². The Labute approximate surface area is 159 Å². The molecule has 3 amide bonds. The molecule has 3 rings (SSSR count). The highest BCUT2D eigenvalue weighted by Crippen LogP contribution is 2.33. The SMILES string of the molecule is COc1ccc(C)cc1N1CC(C(=O)NCCC(=O)N2CCCC2)CC1=O. The number of methoxy groups -OCH3 is 1. The standard InChI is InChI=1S/C20H27N3O4/c1-14-5-6-17(27-2)16(11-14)23-13-15(12-19(23)25)20(26)21-8-7-18(24)22-9-3-4-10-22/h5-6,11,15H,3-4,7-10,12-13H2,1-2H3,(H,21,26). The van der Waals surface area contributed by atoms with Crippen LogP contribution in [0.1, 0.15) is 31.2 Å². The van der Waals surface area contributed by atoms with Crippen molar-refractivity contribution in [2.24, 2.45) is 5.92 Å². The first-order valence-electron chi connectivity index (χ1n) is 9.50. The summed E-state index contributed by atoms with van der Waals surface area (Å²) in [5.74, 6) is 0.0242. The fraction of sp³-hybridized carbons (Fsp3) is 0.550. The maximum absolute atomic E-state index is 12.5. The van der Waals surface area contributed by atoms with Crippen LogP contribution in [0.25, 0.3) is 0 Å². The number of amides is 3. The Bertz CT molecular complexity index is 728. The molecule has 0 aromatic heterocycles. The van der Waals surface area contributed by atoms with Gasteiger partial charge in [-0.2, -0.15) is 0 Å². The van der Waals surface area contributed by atoms with Crippen LogP contribution >= 0.6 is 0 Å². The zero-order valence-electron chi connectivity index (χ0n) is 16.0. The molecule has 0 aliphatic carbocycles. The first kappa shape index (κ1) is 19.2. The fourth-order valence-electron chi connectivity index (χ4n) is 3.69. The Balaban J connectivity index is 1.54. The van der Waals surface area contributed by atoms with Crippen molar-refractivity contribution < 1.29 is 19.1 Å². The van der Waals surface area contributed by atoms with E-state index in [-0.39, 0.29) is 24.1 Å². The smallest absolute Gasteiger partial charge is 0.227 e. The molecule has 0 radical (unpaired) electrons. The molecule has 2 saturated heterocycles. The highest BCUT2D eigenvalue weighted by Gasteiger charge is 2.36. The van der Waals surface area contributed by atoms with E-state index < -0.39 is 5.92 Å². The lowest BCUT2D eigenvalue weighted by atomic mass is 10.1. The Hall–Kier alpha value is -2.57. The average Bonchev–Trinajstić information content (AvgIpc) is 3.31. The summed E-state index contributed by atoms with van der Waals surface area (Å²) in [5.41, 5.74) is 1.72. The Morgan fingerprint density at radius 1 is 1.26 bits per heavy atom. The first-order valence-corrected chi connectivity index (χ1v) is 9.50. The van der Waals surface area contributed by atoms with Crippen LogP contribution in [0.15, 0.2) is 18.2 Å². The van der Waals surface area contributed by atoms with E-state index in [0.29, 0.717) is 30.9 Å². The predicted octanol–water partition coefficient (Wildman–Crippen LogP) is 1.49. The van der Waals surface area contributed by atoms with Gasteiger partial charge in [0.25, 0.3) is 0 Å². The summed E-state index contributed by atoms with van der Waals surface area (Å²) >= 11 is 0. The zero-order valence-corrected chi connectivity index (χ0v) is 16.0. The molecule has 27 heavy (non-hydrogen) atoms. The molecule has 7 nitrogen and oxygen atoms in total. The summed E-state index contributed by atoms with van der Waals surface area (Å²) in [5, 5.41) is 2.81. The van der Waals surface area contributed by atoms with E-state index in [1.54, 1.807) is 12.0 Å². The number of hydrogen-bond acceptors (Lipinski definition) is 4. The van der Waals surface area contributed by atoms with Gasteiger partial charge in [-0.15, -0.1) is 0 Å². The molecule has 0 saturated carbocycles. The van der Waals surface area contributed by atoms with E-state index >= 15 is 0 Å². The van der Waals surface area contributed by atoms with E-state index in [4.69, 9.17) is 4.74 Å². The number of benzene rings is 1. The third-order valence-corrected chi connectivity index (χ3v) is 5.22. The van der Waals surface area contributed by atoms with Crippen LogP contribution in [-0.4, -0.2) is 55.9 Å². The van der Waals surface area contributed by atoms with Gasteiger partial charge in [0.1, 0.15) is 5.75 Å². The Kier molecular flexibility index (Phi) is 5.98. The summed E-state index contributed by atoms with van der Waals surface area (Å²) in [4.78, 5) is 40.4. The lowest BCUT2D eigenvalue weighted by Gasteiger charge is -2.20. The molecule has 2 fully saturated rings. The molecule has 7 heteroatoms. The lowest BCUT2D eigenvalue weighted by Crippen LogP contribution is -2.36. The Morgan fingerprint density at radius 3 is 2.70 bits per heavy atom. The van der Waals surface area contributed by atoms with E-state index in [2.05, 4.69) is 5.32 Å². The second-order valence-electron chi connectivity index (χ2n) is 7.21. The molecule has 1 atom stereocenters. The molecule has 1 aromatic carbocycles. The molecular formula is C20H27N3O4. The Morgan fingerprint density at radius 2 is 2.00 bits per heavy atom. The molecule has 1 N–H and O–H groups in total. The van der Waals surface area contributed by atoms with E-state index in [1.807, 2.05) is 30.0 Å². The first-order chi connectivity index (χ1) is 13.0. The van der Waals surface area contributed by atoms with Gasteiger partial charge in [0.05, 0.1) is 18.7 Å². The van der Waals surface area contributed by atoms with Gasteiger partial charge in [0.15, 0.2) is 0 Å². The van der Waals surface area contributed by atoms with Crippen molar-refractivity contribution in [1.82, 2.24) is 10.2 Å². The molecule has 1 aromatic rings. The van der Waals surface area contributed by atoms with Gasteiger partial charge in [-0.1, -0.05) is 6.07 Å². The van der Waals surface area contributed by atoms with Gasteiger partial charge in [-0.05, 0) is 37.5 Å². The van der Waals surface area contributed by atoms with Crippen LogP contribution in [0.5, 0.6) is 5.75 Å². The minimum Gasteiger partial charge on any atom is -0.495 e. The minimum absolute atomic E-state index is 0.0846. The fourth-order valence-corrected chi connectivity index (χ4v) is 3.69. The monoisotopic (exact) mass is 373 g/mol. The molecule has 0 bridgehead atoms. The average molecular weight is 373 g/mol. The van der Waals surface area contributed by atoms with Crippen molar-refractivity contribution in [1.29, 1.82) is 0 Å². The zero-order chi connectivity index (χ0) is 19.4. The molecular weight excluding hydrogens is 346 g/mol. The maximum Gasteiger partial charge on any atom is 0.227 e. The second-order valence-corrected chi connectivity index (χ2v) is 7.21. The molecule has 2 aliphatic rings. The van der Waals surface area contributed by atoms with E-state index in [1.165, 1.54) is 0 Å². The summed E-state index contributed by atoms with van der Waals surface area (Å²) < 4.78 is 5.36. The largest absolute Gasteiger partial charge is 0.495 e. The number of ether oxygens (including phenoxy) is 1. The van der Waals surface area contributed by atoms with Crippen LogP contribution in [-0.2, 0) is 14.4 Å². The van der Waals surface area contributed by atoms with Crippen LogP contribution in [0.3, 0.4) is 0 Å². The van der Waals surface area contributed by atoms with Crippen molar-refractivity contribution in [3.8, 4) is 5.75 Å². The number of rotatable bonds is 6. The van der Waals surface area contributed by atoms with Crippen molar-refractivity contribution in [3.63, 3.8) is 0 Å². The van der Waals surface area contributed by atoms with Crippen LogP contribution in [0, 0.1) is 12.8 Å². The van der Waals surface area contributed by atoms with Gasteiger partial charge in [-0.25, -0.2) is 0 Å². The summed E-state index contributed by atoms with van der Waals surface area (Å²) in [7, 11) is 1.57. The third-order valence-electron chi connectivity index (χ3n) is 5.22. The summed E-state index contributed by atoms with van der Waals surface area (Å²) in [6, 6.07) is 5.64. The van der Waals surface area contributed by atoms with E-state index in [0.717, 1.165) is 31.5 Å². The number of anilines is 1. The van der Waals surface area contributed by atoms with Crippen LogP contribution < -0.4 is 15.0 Å². The number of nitrogens with zero attached hydrogens (tertiary/aromatic N) is 2. The second kappa shape index (κ2) is 8.41. The normalized spacial score (nSPS) is 19.5. The number of carbonyl (C=O) groups is 3. The third kappa shape index (κ3) is 4.40. The predicted molar refractivity (Wildman–Crippen MR) is 102 cm³/mol. The van der Waals surface area contributed by atoms with Crippen LogP contribution in [0.4, 0.5) is 5.69 Å². The van der Waals surface area contributed by atoms with Gasteiger partial charge in [0.2, 0.25) is 17.7 Å². The number of nitrogens with one attached hydrogen (secondary N) is 1.